The molecule has 1 aliphatic heterocycles. The monoisotopic (exact) mass is 409 g/mol. The Labute approximate surface area is 167 Å². The molecule has 150 valence electrons. The van der Waals surface area contributed by atoms with Crippen molar-refractivity contribution in [2.45, 2.75) is 38.2 Å². The molecule has 2 heterocycles. The molecule has 1 aliphatic rings. The first-order valence-corrected chi connectivity index (χ1v) is 9.53. The predicted molar refractivity (Wildman–Crippen MR) is 106 cm³/mol. The minimum absolute atomic E-state index is 0.100. The minimum atomic E-state index is -3.78. The van der Waals surface area contributed by atoms with Crippen LogP contribution in [0.3, 0.4) is 0 Å². The van der Waals surface area contributed by atoms with E-state index in [0.29, 0.717) is 11.3 Å². The zero-order chi connectivity index (χ0) is 20.3. The lowest BCUT2D eigenvalue weighted by Gasteiger charge is -2.22. The molecule has 1 aromatic carbocycles. The average Bonchev–Trinajstić information content (AvgIpc) is 3.16. The summed E-state index contributed by atoms with van der Waals surface area (Å²) in [4.78, 5) is 19.4. The number of nitrogens with one attached hydrogen (secondary N) is 1. The molecule has 0 aliphatic carbocycles. The summed E-state index contributed by atoms with van der Waals surface area (Å²) in [6, 6.07) is 7.41. The van der Waals surface area contributed by atoms with Crippen LogP contribution in [-0.4, -0.2) is 29.5 Å². The maximum Gasteiger partial charge on any atom is 0.487 e. The molecular formula is C20H22ClF2N3O2. The lowest BCUT2D eigenvalue weighted by atomic mass is 10.0. The van der Waals surface area contributed by atoms with E-state index in [2.05, 4.69) is 33.8 Å². The molecule has 0 spiro atoms. The SMILES string of the molecule is CC(C)c1cc(C(=O)Nc2ccc(OC(F)(F)Cl)cc2)cnc1N1CCCC1. The van der Waals surface area contributed by atoms with E-state index in [1.807, 2.05) is 6.07 Å². The number of alkyl halides is 3. The number of anilines is 2. The fraction of sp³-hybridized carbons (Fsp3) is 0.400. The van der Waals surface area contributed by atoms with Crippen LogP contribution in [0.15, 0.2) is 36.5 Å². The molecule has 1 N–H and O–H groups in total. The van der Waals surface area contributed by atoms with E-state index >= 15 is 0 Å². The van der Waals surface area contributed by atoms with Gasteiger partial charge in [-0.3, -0.25) is 4.79 Å². The molecule has 5 nitrogen and oxygen atoms in total. The molecule has 0 saturated carbocycles. The maximum atomic E-state index is 12.7. The van der Waals surface area contributed by atoms with Crippen LogP contribution in [0.4, 0.5) is 20.3 Å². The van der Waals surface area contributed by atoms with Gasteiger partial charge in [-0.25, -0.2) is 4.98 Å². The van der Waals surface area contributed by atoms with Gasteiger partial charge in [0.05, 0.1) is 5.56 Å². The molecule has 1 amide bonds. The summed E-state index contributed by atoms with van der Waals surface area (Å²) >= 11 is 4.74. The maximum absolute atomic E-state index is 12.7. The molecule has 3 rings (SSSR count). The van der Waals surface area contributed by atoms with Gasteiger partial charge in [0.2, 0.25) is 0 Å². The fourth-order valence-corrected chi connectivity index (χ4v) is 3.25. The van der Waals surface area contributed by atoms with E-state index in [1.54, 1.807) is 6.20 Å². The van der Waals surface area contributed by atoms with Gasteiger partial charge in [-0.2, -0.15) is 0 Å². The number of benzene rings is 1. The Bertz CT molecular complexity index is 832. The van der Waals surface area contributed by atoms with Crippen LogP contribution >= 0.6 is 11.6 Å². The third kappa shape index (κ3) is 5.10. The van der Waals surface area contributed by atoms with Crippen molar-refractivity contribution in [1.29, 1.82) is 0 Å². The highest BCUT2D eigenvalue weighted by atomic mass is 35.5. The van der Waals surface area contributed by atoms with E-state index in [9.17, 15) is 13.6 Å². The van der Waals surface area contributed by atoms with E-state index in [-0.39, 0.29) is 17.6 Å². The molecule has 1 saturated heterocycles. The molecule has 0 unspecified atom stereocenters. The molecule has 0 atom stereocenters. The Morgan fingerprint density at radius 2 is 1.89 bits per heavy atom. The molecule has 0 bridgehead atoms. The van der Waals surface area contributed by atoms with E-state index in [0.717, 1.165) is 37.3 Å². The van der Waals surface area contributed by atoms with Crippen molar-refractivity contribution in [3.63, 3.8) is 0 Å². The van der Waals surface area contributed by atoms with Crippen LogP contribution in [0, 0.1) is 0 Å². The van der Waals surface area contributed by atoms with Crippen molar-refractivity contribution in [3.8, 4) is 5.75 Å². The molecule has 1 aromatic heterocycles. The van der Waals surface area contributed by atoms with Crippen molar-refractivity contribution in [2.75, 3.05) is 23.3 Å². The quantitative estimate of drug-likeness (QED) is 0.664. The van der Waals surface area contributed by atoms with Gasteiger partial charge in [0.15, 0.2) is 0 Å². The Morgan fingerprint density at radius 1 is 1.25 bits per heavy atom. The van der Waals surface area contributed by atoms with Crippen molar-refractivity contribution >= 4 is 29.0 Å². The number of hydrogen-bond acceptors (Lipinski definition) is 4. The van der Waals surface area contributed by atoms with E-state index in [1.165, 1.54) is 24.3 Å². The summed E-state index contributed by atoms with van der Waals surface area (Å²) in [6.45, 7) is 6.11. The summed E-state index contributed by atoms with van der Waals surface area (Å²) < 4.78 is 29.6. The van der Waals surface area contributed by atoms with Crippen LogP contribution < -0.4 is 15.0 Å². The number of carbonyl (C=O) groups is 1. The standard InChI is InChI=1S/C20H22ClF2N3O2/c1-13(2)17-11-14(12-24-18(17)26-9-3-4-10-26)19(27)25-15-5-7-16(8-6-15)28-20(21,22)23/h5-8,11-13H,3-4,9-10H2,1-2H3,(H,25,27). The number of ether oxygens (including phenoxy) is 1. The Hall–Kier alpha value is -2.41. The minimum Gasteiger partial charge on any atom is -0.420 e. The first-order valence-electron chi connectivity index (χ1n) is 9.15. The fourth-order valence-electron chi connectivity index (χ4n) is 3.16. The number of nitrogens with zero attached hydrogens (tertiary/aromatic N) is 2. The largest absolute Gasteiger partial charge is 0.487 e. The summed E-state index contributed by atoms with van der Waals surface area (Å²) in [5.74, 6) is 0.743. The van der Waals surface area contributed by atoms with Gasteiger partial charge in [-0.05, 0) is 54.7 Å². The molecule has 1 fully saturated rings. The average molecular weight is 410 g/mol. The van der Waals surface area contributed by atoms with Gasteiger partial charge >= 0.3 is 5.57 Å². The molecule has 2 aromatic rings. The van der Waals surface area contributed by atoms with Gasteiger partial charge < -0.3 is 15.0 Å². The van der Waals surface area contributed by atoms with Crippen LogP contribution in [-0.2, 0) is 0 Å². The second-order valence-electron chi connectivity index (χ2n) is 7.01. The van der Waals surface area contributed by atoms with Crippen molar-refractivity contribution in [3.05, 3.63) is 47.7 Å². The Kier molecular flexibility index (Phi) is 6.03. The topological polar surface area (TPSA) is 54.5 Å². The number of rotatable bonds is 6. The summed E-state index contributed by atoms with van der Waals surface area (Å²) in [7, 11) is 0. The second kappa shape index (κ2) is 8.31. The molecule has 8 heteroatoms. The third-order valence-corrected chi connectivity index (χ3v) is 4.61. The van der Waals surface area contributed by atoms with Crippen LogP contribution in [0.2, 0.25) is 0 Å². The number of halogens is 3. The normalized spacial score (nSPS) is 14.4. The summed E-state index contributed by atoms with van der Waals surface area (Å²) in [5, 5.41) is 2.73. The van der Waals surface area contributed by atoms with Crippen LogP contribution in [0.25, 0.3) is 0 Å². The van der Waals surface area contributed by atoms with Crippen molar-refractivity contribution in [2.24, 2.45) is 0 Å². The number of amides is 1. The van der Waals surface area contributed by atoms with Crippen molar-refractivity contribution in [1.82, 2.24) is 4.98 Å². The molecule has 0 radical (unpaired) electrons. The first-order chi connectivity index (χ1) is 13.2. The molecule has 28 heavy (non-hydrogen) atoms. The second-order valence-corrected chi connectivity index (χ2v) is 7.45. The molecular weight excluding hydrogens is 388 g/mol. The van der Waals surface area contributed by atoms with Gasteiger partial charge in [0.1, 0.15) is 11.6 Å². The lowest BCUT2D eigenvalue weighted by Crippen LogP contribution is -2.22. The number of aromatic nitrogens is 1. The third-order valence-electron chi connectivity index (χ3n) is 4.53. The first kappa shape index (κ1) is 20.3. The lowest BCUT2D eigenvalue weighted by molar-refractivity contribution is -0.0964. The van der Waals surface area contributed by atoms with Gasteiger partial charge in [-0.15, -0.1) is 8.78 Å². The zero-order valence-electron chi connectivity index (χ0n) is 15.7. The summed E-state index contributed by atoms with van der Waals surface area (Å²) in [5.41, 5.74) is -1.85. The number of carbonyl (C=O) groups excluding carboxylic acids is 1. The highest BCUT2D eigenvalue weighted by Crippen LogP contribution is 2.29. The Morgan fingerprint density at radius 3 is 2.46 bits per heavy atom. The van der Waals surface area contributed by atoms with E-state index < -0.39 is 5.57 Å². The van der Waals surface area contributed by atoms with Gasteiger partial charge in [-0.1, -0.05) is 13.8 Å². The predicted octanol–water partition coefficient (Wildman–Crippen LogP) is 5.23. The smallest absolute Gasteiger partial charge is 0.420 e. The highest BCUT2D eigenvalue weighted by molar-refractivity contribution is 6.20. The number of pyridine rings is 1. The van der Waals surface area contributed by atoms with Crippen LogP contribution in [0.5, 0.6) is 5.75 Å². The van der Waals surface area contributed by atoms with Gasteiger partial charge in [0, 0.05) is 36.6 Å². The van der Waals surface area contributed by atoms with Gasteiger partial charge in [0.25, 0.3) is 5.91 Å². The number of hydrogen-bond donors (Lipinski definition) is 1. The zero-order valence-corrected chi connectivity index (χ0v) is 16.5. The Balaban J connectivity index is 1.74. The van der Waals surface area contributed by atoms with Crippen molar-refractivity contribution < 1.29 is 18.3 Å². The summed E-state index contributed by atoms with van der Waals surface area (Å²) in [6.07, 6.45) is 3.87. The van der Waals surface area contributed by atoms with Crippen LogP contribution in [0.1, 0.15) is 48.5 Å². The van der Waals surface area contributed by atoms with E-state index in [4.69, 9.17) is 11.6 Å². The highest BCUT2D eigenvalue weighted by Gasteiger charge is 2.27.